The van der Waals surface area contributed by atoms with Crippen LogP contribution in [-0.2, 0) is 32.0 Å². The summed E-state index contributed by atoms with van der Waals surface area (Å²) in [6.07, 6.45) is 0.523. The van der Waals surface area contributed by atoms with Gasteiger partial charge in [-0.15, -0.1) is 0 Å². The lowest BCUT2D eigenvalue weighted by Gasteiger charge is -2.25. The minimum atomic E-state index is -1.58. The second-order valence-corrected chi connectivity index (χ2v) is 9.32. The molecule has 0 spiro atoms. The van der Waals surface area contributed by atoms with Crippen molar-refractivity contribution in [3.8, 4) is 5.75 Å². The largest absolute Gasteiger partial charge is 0.508 e. The van der Waals surface area contributed by atoms with E-state index in [9.17, 15) is 34.5 Å². The first-order valence-corrected chi connectivity index (χ1v) is 12.9. The number of aliphatic carboxylic acids is 1. The quantitative estimate of drug-likeness (QED) is 0.0613. The fourth-order valence-electron chi connectivity index (χ4n) is 3.82. The highest BCUT2D eigenvalue weighted by Crippen LogP contribution is 2.11. The minimum absolute atomic E-state index is 0.00517. The van der Waals surface area contributed by atoms with Crippen LogP contribution in [0.15, 0.2) is 59.6 Å². The molecule has 0 aromatic heterocycles. The van der Waals surface area contributed by atoms with E-state index in [0.29, 0.717) is 17.5 Å². The van der Waals surface area contributed by atoms with Crippen molar-refractivity contribution in [3.05, 3.63) is 65.7 Å². The number of hydrogen-bond donors (Lipinski definition) is 9. The number of aliphatic hydroxyl groups excluding tert-OH is 1. The second kappa shape index (κ2) is 16.4. The first-order chi connectivity index (χ1) is 19.5. The van der Waals surface area contributed by atoms with Gasteiger partial charge in [0.2, 0.25) is 17.7 Å². The summed E-state index contributed by atoms with van der Waals surface area (Å²) >= 11 is 0. The van der Waals surface area contributed by atoms with E-state index in [2.05, 4.69) is 20.9 Å². The number of benzene rings is 2. The molecule has 4 atom stereocenters. The lowest BCUT2D eigenvalue weighted by Crippen LogP contribution is -2.58. The molecule has 222 valence electrons. The number of phenolic OH excluding ortho intramolecular Hbond substituents is 1. The molecule has 0 radical (unpaired) electrons. The van der Waals surface area contributed by atoms with Crippen molar-refractivity contribution >= 4 is 29.7 Å². The van der Waals surface area contributed by atoms with E-state index in [1.54, 1.807) is 42.5 Å². The third-order valence-electron chi connectivity index (χ3n) is 6.02. The smallest absolute Gasteiger partial charge is 0.328 e. The van der Waals surface area contributed by atoms with Crippen LogP contribution in [0.3, 0.4) is 0 Å². The van der Waals surface area contributed by atoms with Crippen molar-refractivity contribution in [1.29, 1.82) is 0 Å². The third kappa shape index (κ3) is 11.5. The number of guanidine groups is 1. The van der Waals surface area contributed by atoms with E-state index < -0.39 is 54.5 Å². The molecule has 2 aromatic carbocycles. The van der Waals surface area contributed by atoms with Crippen LogP contribution in [0, 0.1) is 0 Å². The Bertz CT molecular complexity index is 1190. The number of aromatic hydroxyl groups is 1. The van der Waals surface area contributed by atoms with Crippen LogP contribution in [0.2, 0.25) is 0 Å². The average Bonchev–Trinajstić information content (AvgIpc) is 2.94. The predicted octanol–water partition coefficient (Wildman–Crippen LogP) is -1.91. The minimum Gasteiger partial charge on any atom is -0.508 e. The van der Waals surface area contributed by atoms with E-state index >= 15 is 0 Å². The third-order valence-corrected chi connectivity index (χ3v) is 6.02. The summed E-state index contributed by atoms with van der Waals surface area (Å²) in [6, 6.07) is 9.87. The first kappa shape index (κ1) is 32.5. The summed E-state index contributed by atoms with van der Waals surface area (Å²) in [4.78, 5) is 54.5. The van der Waals surface area contributed by atoms with Gasteiger partial charge in [-0.05, 0) is 42.5 Å². The number of carboxylic acid groups (broad SMARTS) is 1. The second-order valence-electron chi connectivity index (χ2n) is 9.32. The molecule has 4 unspecified atom stereocenters. The Hall–Kier alpha value is -4.69. The van der Waals surface area contributed by atoms with Crippen LogP contribution in [-0.4, -0.2) is 82.3 Å². The highest BCUT2D eigenvalue weighted by atomic mass is 16.4. The van der Waals surface area contributed by atoms with Crippen molar-refractivity contribution in [2.24, 2.45) is 22.2 Å². The van der Waals surface area contributed by atoms with Gasteiger partial charge in [-0.2, -0.15) is 0 Å². The molecule has 0 fully saturated rings. The maximum absolute atomic E-state index is 13.4. The lowest BCUT2D eigenvalue weighted by molar-refractivity contribution is -0.143. The van der Waals surface area contributed by atoms with Gasteiger partial charge < -0.3 is 48.5 Å². The van der Waals surface area contributed by atoms with Crippen molar-refractivity contribution in [1.82, 2.24) is 16.0 Å². The highest BCUT2D eigenvalue weighted by Gasteiger charge is 2.30. The van der Waals surface area contributed by atoms with Crippen LogP contribution < -0.4 is 33.2 Å². The summed E-state index contributed by atoms with van der Waals surface area (Å²) in [5.74, 6) is -3.70. The fourth-order valence-corrected chi connectivity index (χ4v) is 3.82. The Morgan fingerprint density at radius 3 is 1.93 bits per heavy atom. The summed E-state index contributed by atoms with van der Waals surface area (Å²) in [5.41, 5.74) is 18.2. The van der Waals surface area contributed by atoms with E-state index in [1.165, 1.54) is 12.1 Å². The normalized spacial score (nSPS) is 13.6. The number of rotatable bonds is 16. The number of carbonyl (C=O) groups is 4. The van der Waals surface area contributed by atoms with Gasteiger partial charge in [-0.1, -0.05) is 42.5 Å². The molecular formula is C27H37N7O7. The molecular weight excluding hydrogens is 534 g/mol. The lowest BCUT2D eigenvalue weighted by atomic mass is 10.0. The molecule has 12 N–H and O–H groups in total. The Morgan fingerprint density at radius 1 is 0.780 bits per heavy atom. The zero-order valence-corrected chi connectivity index (χ0v) is 22.4. The van der Waals surface area contributed by atoms with E-state index in [-0.39, 0.29) is 37.5 Å². The summed E-state index contributed by atoms with van der Waals surface area (Å²) < 4.78 is 0. The number of aliphatic imine (C=N–C) groups is 1. The van der Waals surface area contributed by atoms with Gasteiger partial charge in [0, 0.05) is 13.0 Å². The molecule has 0 aliphatic heterocycles. The molecule has 2 rings (SSSR count). The van der Waals surface area contributed by atoms with Crippen molar-refractivity contribution in [2.45, 2.75) is 49.9 Å². The molecule has 0 aliphatic rings. The first-order valence-electron chi connectivity index (χ1n) is 12.9. The molecule has 14 heteroatoms. The number of nitrogens with two attached hydrogens (primary N) is 3. The monoisotopic (exact) mass is 571 g/mol. The van der Waals surface area contributed by atoms with Gasteiger partial charge in [0.25, 0.3) is 0 Å². The van der Waals surface area contributed by atoms with Crippen LogP contribution in [0.25, 0.3) is 0 Å². The van der Waals surface area contributed by atoms with E-state index in [1.807, 2.05) is 0 Å². The number of carboxylic acids is 1. The number of nitrogens with zero attached hydrogens (tertiary/aromatic N) is 1. The van der Waals surface area contributed by atoms with E-state index in [0.717, 1.165) is 0 Å². The van der Waals surface area contributed by atoms with Gasteiger partial charge in [0.15, 0.2) is 5.96 Å². The topological polar surface area (TPSA) is 255 Å². The molecule has 0 saturated heterocycles. The highest BCUT2D eigenvalue weighted by molar-refractivity contribution is 5.94. The maximum Gasteiger partial charge on any atom is 0.328 e. The number of carbonyl (C=O) groups excluding carboxylic acids is 3. The van der Waals surface area contributed by atoms with E-state index in [4.69, 9.17) is 17.2 Å². The average molecular weight is 572 g/mol. The summed E-state index contributed by atoms with van der Waals surface area (Å²) in [7, 11) is 0. The standard InChI is InChI=1S/C27H37N7O7/c28-19(13-17-8-10-18(36)11-9-17)23(37)32-20(7-4-12-31-27(29)30)24(38)33-21(14-16-5-2-1-3-6-16)25(39)34-22(15-35)26(40)41/h1-3,5-6,8-11,19-22,35-36H,4,7,12-15,28H2,(H,32,37)(H,33,38)(H,34,39)(H,40,41)(H4,29,30,31). The Kier molecular flexibility index (Phi) is 13.0. The maximum atomic E-state index is 13.4. The predicted molar refractivity (Wildman–Crippen MR) is 150 cm³/mol. The van der Waals surface area contributed by atoms with Crippen molar-refractivity contribution in [3.63, 3.8) is 0 Å². The molecule has 0 bridgehead atoms. The number of nitrogens with one attached hydrogen (secondary N) is 3. The van der Waals surface area contributed by atoms with Crippen LogP contribution in [0.5, 0.6) is 5.75 Å². The summed E-state index contributed by atoms with van der Waals surface area (Å²) in [5, 5.41) is 35.4. The van der Waals surface area contributed by atoms with Crippen molar-refractivity contribution in [2.75, 3.05) is 13.2 Å². The molecule has 0 saturated carbocycles. The Balaban J connectivity index is 2.21. The molecule has 0 aliphatic carbocycles. The van der Waals surface area contributed by atoms with Crippen molar-refractivity contribution < 1.29 is 34.5 Å². The number of phenols is 1. The Labute approximate surface area is 237 Å². The van der Waals surface area contributed by atoms with Crippen LogP contribution >= 0.6 is 0 Å². The van der Waals surface area contributed by atoms with Gasteiger partial charge in [0.1, 0.15) is 23.9 Å². The van der Waals surface area contributed by atoms with Gasteiger partial charge in [-0.25, -0.2) is 4.79 Å². The van der Waals surface area contributed by atoms with Crippen LogP contribution in [0.1, 0.15) is 24.0 Å². The molecule has 0 heterocycles. The number of hydrogen-bond acceptors (Lipinski definition) is 8. The molecule has 2 aromatic rings. The number of amides is 3. The van der Waals surface area contributed by atoms with Gasteiger partial charge in [0.05, 0.1) is 12.6 Å². The zero-order chi connectivity index (χ0) is 30.4. The zero-order valence-electron chi connectivity index (χ0n) is 22.4. The van der Waals surface area contributed by atoms with Crippen LogP contribution in [0.4, 0.5) is 0 Å². The van der Waals surface area contributed by atoms with Gasteiger partial charge in [-0.3, -0.25) is 19.4 Å². The van der Waals surface area contributed by atoms with Gasteiger partial charge >= 0.3 is 5.97 Å². The molecule has 14 nitrogen and oxygen atoms in total. The SMILES string of the molecule is NC(N)=NCCCC(NC(=O)C(N)Cc1ccc(O)cc1)C(=O)NC(Cc1ccccc1)C(=O)NC(CO)C(=O)O. The molecule has 41 heavy (non-hydrogen) atoms. The summed E-state index contributed by atoms with van der Waals surface area (Å²) in [6.45, 7) is -0.679. The molecule has 3 amide bonds. The Morgan fingerprint density at radius 2 is 1.34 bits per heavy atom. The fraction of sp³-hybridized carbons (Fsp3) is 0.370. The number of aliphatic hydroxyl groups is 1.